The lowest BCUT2D eigenvalue weighted by molar-refractivity contribution is 1.47. The van der Waals surface area contributed by atoms with Crippen LogP contribution in [0.25, 0.3) is 32.7 Å². The molecule has 0 spiro atoms. The summed E-state index contributed by atoms with van der Waals surface area (Å²) in [6.45, 7) is 6.12. The molecule has 4 aromatic rings. The van der Waals surface area contributed by atoms with Gasteiger partial charge < -0.3 is 0 Å². The molecule has 0 N–H and O–H groups in total. The van der Waals surface area contributed by atoms with Crippen LogP contribution in [0.4, 0.5) is 0 Å². The normalized spacial score (nSPS) is 10.4. The van der Waals surface area contributed by atoms with Crippen LogP contribution in [0.3, 0.4) is 0 Å². The van der Waals surface area contributed by atoms with Gasteiger partial charge >= 0.3 is 0 Å². The van der Waals surface area contributed by atoms with Crippen LogP contribution in [0.1, 0.15) is 19.4 Å². The first-order chi connectivity index (χ1) is 11.3. The number of rotatable bonds is 1. The Bertz CT molecular complexity index is 931. The van der Waals surface area contributed by atoms with Gasteiger partial charge in [0.2, 0.25) is 0 Å². The number of benzene rings is 4. The summed E-state index contributed by atoms with van der Waals surface area (Å²) in [4.78, 5) is 0. The summed E-state index contributed by atoms with van der Waals surface area (Å²) in [5, 5.41) is 5.24. The van der Waals surface area contributed by atoms with Crippen LogP contribution in [-0.4, -0.2) is 0 Å². The fraction of sp³-hybridized carbons (Fsp3) is 0.130. The minimum atomic E-state index is 1.27. The quantitative estimate of drug-likeness (QED) is 0.332. The van der Waals surface area contributed by atoms with Gasteiger partial charge in [-0.3, -0.25) is 0 Å². The second-order valence-electron chi connectivity index (χ2n) is 5.59. The summed E-state index contributed by atoms with van der Waals surface area (Å²) in [6.07, 6.45) is 0. The van der Waals surface area contributed by atoms with Gasteiger partial charge in [0, 0.05) is 0 Å². The molecular weight excluding hydrogens is 276 g/mol. The van der Waals surface area contributed by atoms with Gasteiger partial charge in [0.25, 0.3) is 0 Å². The molecule has 4 rings (SSSR count). The molecule has 114 valence electrons. The van der Waals surface area contributed by atoms with Gasteiger partial charge in [0.1, 0.15) is 0 Å². The van der Waals surface area contributed by atoms with E-state index in [2.05, 4.69) is 85.8 Å². The topological polar surface area (TPSA) is 0 Å². The van der Waals surface area contributed by atoms with Crippen LogP contribution in [0.15, 0.2) is 78.9 Å². The van der Waals surface area contributed by atoms with Crippen molar-refractivity contribution in [3.05, 3.63) is 84.4 Å². The zero-order chi connectivity index (χ0) is 16.2. The third-order valence-corrected chi connectivity index (χ3v) is 4.13. The zero-order valence-electron chi connectivity index (χ0n) is 14.0. The van der Waals surface area contributed by atoms with Gasteiger partial charge in [-0.05, 0) is 45.7 Å². The van der Waals surface area contributed by atoms with E-state index < -0.39 is 0 Å². The summed E-state index contributed by atoms with van der Waals surface area (Å²) >= 11 is 0. The molecule has 0 aliphatic heterocycles. The maximum absolute atomic E-state index is 2.28. The fourth-order valence-corrected chi connectivity index (χ4v) is 2.94. The summed E-state index contributed by atoms with van der Waals surface area (Å²) < 4.78 is 0. The molecule has 0 atom stereocenters. The monoisotopic (exact) mass is 298 g/mol. The van der Waals surface area contributed by atoms with E-state index in [1.165, 1.54) is 38.2 Å². The Morgan fingerprint density at radius 3 is 1.91 bits per heavy atom. The minimum Gasteiger partial charge on any atom is -0.0683 e. The number of hydrogen-bond donors (Lipinski definition) is 0. The van der Waals surface area contributed by atoms with E-state index in [1.54, 1.807) is 0 Å². The molecule has 0 saturated heterocycles. The van der Waals surface area contributed by atoms with Gasteiger partial charge in [-0.15, -0.1) is 0 Å². The Morgan fingerprint density at radius 2 is 1.13 bits per heavy atom. The molecule has 0 unspecified atom stereocenters. The second-order valence-corrected chi connectivity index (χ2v) is 5.59. The van der Waals surface area contributed by atoms with E-state index in [0.29, 0.717) is 0 Å². The van der Waals surface area contributed by atoms with Crippen molar-refractivity contribution in [1.82, 2.24) is 0 Å². The standard InChI is InChI=1S/C21H16.C2H6/c1-15-6-8-16(9-7-15)18-12-13-21-19(14-18)11-10-17-4-2-3-5-20(17)21;1-2/h2-14H,1H3;1-2H3. The molecule has 0 aromatic heterocycles. The lowest BCUT2D eigenvalue weighted by Crippen LogP contribution is -1.81. The highest BCUT2D eigenvalue weighted by molar-refractivity contribution is 6.08. The average Bonchev–Trinajstić information content (AvgIpc) is 2.63. The zero-order valence-corrected chi connectivity index (χ0v) is 14.0. The SMILES string of the molecule is CC.Cc1ccc(-c2ccc3c(ccc4ccccc43)c2)cc1. The molecule has 0 heterocycles. The highest BCUT2D eigenvalue weighted by atomic mass is 14.1. The molecule has 0 radical (unpaired) electrons. The molecule has 0 aliphatic carbocycles. The fourth-order valence-electron chi connectivity index (χ4n) is 2.94. The first-order valence-corrected chi connectivity index (χ1v) is 8.30. The lowest BCUT2D eigenvalue weighted by atomic mass is 9.97. The van der Waals surface area contributed by atoms with E-state index in [1.807, 2.05) is 13.8 Å². The molecule has 0 saturated carbocycles. The minimum absolute atomic E-state index is 1.27. The van der Waals surface area contributed by atoms with Crippen molar-refractivity contribution < 1.29 is 0 Å². The summed E-state index contributed by atoms with van der Waals surface area (Å²) in [6, 6.07) is 28.5. The van der Waals surface area contributed by atoms with Gasteiger partial charge in [-0.25, -0.2) is 0 Å². The highest BCUT2D eigenvalue weighted by Gasteiger charge is 2.03. The molecular formula is C23H22. The third-order valence-electron chi connectivity index (χ3n) is 4.13. The van der Waals surface area contributed by atoms with Gasteiger partial charge in [-0.1, -0.05) is 92.2 Å². The van der Waals surface area contributed by atoms with Crippen molar-refractivity contribution in [2.75, 3.05) is 0 Å². The van der Waals surface area contributed by atoms with Crippen LogP contribution >= 0.6 is 0 Å². The molecule has 0 bridgehead atoms. The van der Waals surface area contributed by atoms with Crippen LogP contribution in [0.2, 0.25) is 0 Å². The Labute approximate surface area is 138 Å². The van der Waals surface area contributed by atoms with Crippen molar-refractivity contribution in [1.29, 1.82) is 0 Å². The predicted molar refractivity (Wildman–Crippen MR) is 103 cm³/mol. The van der Waals surface area contributed by atoms with Crippen molar-refractivity contribution in [2.45, 2.75) is 20.8 Å². The van der Waals surface area contributed by atoms with Gasteiger partial charge in [-0.2, -0.15) is 0 Å². The summed E-state index contributed by atoms with van der Waals surface area (Å²) in [5.41, 5.74) is 3.85. The Hall–Kier alpha value is -2.60. The molecule has 23 heavy (non-hydrogen) atoms. The number of aryl methyl sites for hydroxylation is 1. The van der Waals surface area contributed by atoms with Crippen molar-refractivity contribution in [3.8, 4) is 11.1 Å². The van der Waals surface area contributed by atoms with E-state index in [9.17, 15) is 0 Å². The van der Waals surface area contributed by atoms with Crippen LogP contribution < -0.4 is 0 Å². The summed E-state index contributed by atoms with van der Waals surface area (Å²) in [5.74, 6) is 0. The first kappa shape index (κ1) is 15.3. The first-order valence-electron chi connectivity index (χ1n) is 8.30. The van der Waals surface area contributed by atoms with Gasteiger partial charge in [0.05, 0.1) is 0 Å². The third kappa shape index (κ3) is 2.98. The lowest BCUT2D eigenvalue weighted by Gasteiger charge is -2.07. The van der Waals surface area contributed by atoms with E-state index >= 15 is 0 Å². The molecule has 4 aromatic carbocycles. The molecule has 0 fully saturated rings. The Kier molecular flexibility index (Phi) is 4.43. The Morgan fingerprint density at radius 1 is 0.522 bits per heavy atom. The van der Waals surface area contributed by atoms with Gasteiger partial charge in [0.15, 0.2) is 0 Å². The van der Waals surface area contributed by atoms with Crippen LogP contribution in [0.5, 0.6) is 0 Å². The maximum Gasteiger partial charge on any atom is -0.0105 e. The van der Waals surface area contributed by atoms with E-state index in [-0.39, 0.29) is 0 Å². The molecule has 0 heteroatoms. The van der Waals surface area contributed by atoms with Crippen LogP contribution in [-0.2, 0) is 0 Å². The molecule has 0 amide bonds. The number of hydrogen-bond acceptors (Lipinski definition) is 0. The smallest absolute Gasteiger partial charge is 0.0105 e. The number of fused-ring (bicyclic) bond motifs is 3. The van der Waals surface area contributed by atoms with Crippen molar-refractivity contribution in [2.24, 2.45) is 0 Å². The molecule has 0 aliphatic rings. The van der Waals surface area contributed by atoms with Crippen molar-refractivity contribution in [3.63, 3.8) is 0 Å². The average molecular weight is 298 g/mol. The van der Waals surface area contributed by atoms with Crippen molar-refractivity contribution >= 4 is 21.5 Å². The second kappa shape index (κ2) is 6.66. The maximum atomic E-state index is 2.28. The van der Waals surface area contributed by atoms with Crippen LogP contribution in [0, 0.1) is 6.92 Å². The molecule has 0 nitrogen and oxygen atoms in total. The van der Waals surface area contributed by atoms with E-state index in [0.717, 1.165) is 0 Å². The van der Waals surface area contributed by atoms with E-state index in [4.69, 9.17) is 0 Å². The Balaban J connectivity index is 0.000000753. The largest absolute Gasteiger partial charge is 0.0683 e. The predicted octanol–water partition coefficient (Wildman–Crippen LogP) is 6.99. The summed E-state index contributed by atoms with van der Waals surface area (Å²) in [7, 11) is 0. The highest BCUT2D eigenvalue weighted by Crippen LogP contribution is 2.29.